The van der Waals surface area contributed by atoms with E-state index in [9.17, 15) is 27.6 Å². The Morgan fingerprint density at radius 3 is 2.75 bits per heavy atom. The number of hydrogen-bond donors (Lipinski definition) is 2. The Hall–Kier alpha value is -3.21. The normalized spacial score (nSPS) is 11.4. The molecule has 0 aliphatic carbocycles. The molecule has 0 unspecified atom stereocenters. The fraction of sp³-hybridized carbons (Fsp3) is 0.176. The summed E-state index contributed by atoms with van der Waals surface area (Å²) in [4.78, 5) is 41.3. The lowest BCUT2D eigenvalue weighted by molar-refractivity contribution is -0.137. The molecule has 0 aliphatic heterocycles. The fourth-order valence-electron chi connectivity index (χ4n) is 2.39. The maximum absolute atomic E-state index is 12.8. The number of halogens is 3. The third-order valence-corrected chi connectivity index (χ3v) is 4.56. The number of rotatable bonds is 5. The third-order valence-electron chi connectivity index (χ3n) is 3.64. The molecule has 0 radical (unpaired) electrons. The van der Waals surface area contributed by atoms with Crippen molar-refractivity contribution in [1.82, 2.24) is 14.5 Å². The number of aromatic nitrogens is 3. The van der Waals surface area contributed by atoms with Gasteiger partial charge >= 0.3 is 11.9 Å². The lowest BCUT2D eigenvalue weighted by Gasteiger charge is -2.07. The molecule has 2 N–H and O–H groups in total. The summed E-state index contributed by atoms with van der Waals surface area (Å²) in [6, 6.07) is 6.10. The van der Waals surface area contributed by atoms with E-state index < -0.39 is 28.9 Å². The number of H-pyrrole nitrogens is 1. The molecule has 0 saturated carbocycles. The highest BCUT2D eigenvalue weighted by Crippen LogP contribution is 2.30. The van der Waals surface area contributed by atoms with Crippen LogP contribution in [-0.4, -0.2) is 20.4 Å². The second kappa shape index (κ2) is 7.80. The largest absolute Gasteiger partial charge is 0.416 e. The first-order valence-corrected chi connectivity index (χ1v) is 8.73. The third kappa shape index (κ3) is 4.94. The topological polar surface area (TPSA) is 96.9 Å². The van der Waals surface area contributed by atoms with Gasteiger partial charge in [0.25, 0.3) is 5.56 Å². The molecule has 2 aromatic heterocycles. The van der Waals surface area contributed by atoms with Crippen molar-refractivity contribution in [2.45, 2.75) is 19.1 Å². The average molecular weight is 410 g/mol. The molecule has 0 saturated heterocycles. The van der Waals surface area contributed by atoms with Gasteiger partial charge in [0, 0.05) is 29.8 Å². The van der Waals surface area contributed by atoms with Crippen LogP contribution in [0, 0.1) is 0 Å². The highest BCUT2D eigenvalue weighted by molar-refractivity contribution is 7.15. The summed E-state index contributed by atoms with van der Waals surface area (Å²) < 4.78 is 39.4. The summed E-state index contributed by atoms with van der Waals surface area (Å²) in [6.07, 6.45) is -1.52. The van der Waals surface area contributed by atoms with Gasteiger partial charge in [-0.05, 0) is 11.6 Å². The standard InChI is InChI=1S/C17H13F3N4O3S/c18-17(19,20)11-3-1-2-10(6-11)7-12-8-21-15(28-12)22-14(26)9-24-5-4-13(25)23-16(24)27/h1-6,8H,7,9H2,(H,21,22,26)(H,23,25,27). The summed E-state index contributed by atoms with van der Waals surface area (Å²) >= 11 is 1.12. The summed E-state index contributed by atoms with van der Waals surface area (Å²) in [5, 5.41) is 2.76. The van der Waals surface area contributed by atoms with E-state index in [1.807, 2.05) is 4.98 Å². The summed E-state index contributed by atoms with van der Waals surface area (Å²) in [5.74, 6) is -0.533. The Morgan fingerprint density at radius 2 is 2.04 bits per heavy atom. The van der Waals surface area contributed by atoms with Crippen molar-refractivity contribution in [3.8, 4) is 0 Å². The van der Waals surface area contributed by atoms with Gasteiger partial charge in [-0.2, -0.15) is 13.2 Å². The van der Waals surface area contributed by atoms with Crippen LogP contribution in [0.25, 0.3) is 0 Å². The van der Waals surface area contributed by atoms with Crippen LogP contribution in [0.1, 0.15) is 16.0 Å². The Morgan fingerprint density at radius 1 is 1.25 bits per heavy atom. The fourth-order valence-corrected chi connectivity index (χ4v) is 3.25. The average Bonchev–Trinajstić information content (AvgIpc) is 3.03. The zero-order valence-electron chi connectivity index (χ0n) is 14.1. The van der Waals surface area contributed by atoms with E-state index in [0.717, 1.165) is 34.1 Å². The van der Waals surface area contributed by atoms with Gasteiger partial charge in [0.1, 0.15) is 6.54 Å². The number of aromatic amines is 1. The van der Waals surface area contributed by atoms with E-state index in [2.05, 4.69) is 10.3 Å². The maximum Gasteiger partial charge on any atom is 0.416 e. The number of amides is 1. The lowest BCUT2D eigenvalue weighted by Crippen LogP contribution is -2.32. The number of benzene rings is 1. The lowest BCUT2D eigenvalue weighted by atomic mass is 10.1. The highest BCUT2D eigenvalue weighted by atomic mass is 32.1. The molecule has 1 aromatic carbocycles. The Bertz CT molecular complexity index is 1120. The molecule has 0 aliphatic rings. The Kier molecular flexibility index (Phi) is 5.45. The summed E-state index contributed by atoms with van der Waals surface area (Å²) in [6.45, 7) is -0.321. The SMILES string of the molecule is O=C(Cn1ccc(=O)[nH]c1=O)Nc1ncc(Cc2cccc(C(F)(F)F)c2)s1. The minimum absolute atomic E-state index is 0.233. The van der Waals surface area contributed by atoms with Crippen molar-refractivity contribution in [1.29, 1.82) is 0 Å². The minimum atomic E-state index is -4.41. The van der Waals surface area contributed by atoms with Crippen LogP contribution in [-0.2, 0) is 23.9 Å². The Labute approximate surface area is 159 Å². The van der Waals surface area contributed by atoms with E-state index >= 15 is 0 Å². The van der Waals surface area contributed by atoms with E-state index in [-0.39, 0.29) is 18.1 Å². The smallest absolute Gasteiger partial charge is 0.300 e. The maximum atomic E-state index is 12.8. The first-order chi connectivity index (χ1) is 13.2. The van der Waals surface area contributed by atoms with Crippen molar-refractivity contribution in [2.24, 2.45) is 0 Å². The van der Waals surface area contributed by atoms with Gasteiger partial charge in [0.05, 0.1) is 5.56 Å². The van der Waals surface area contributed by atoms with Crippen molar-refractivity contribution >= 4 is 22.4 Å². The molecule has 0 fully saturated rings. The number of hydrogen-bond acceptors (Lipinski definition) is 5. The molecular weight excluding hydrogens is 397 g/mol. The van der Waals surface area contributed by atoms with Gasteiger partial charge in [0.2, 0.25) is 5.91 Å². The molecule has 1 amide bonds. The van der Waals surface area contributed by atoms with E-state index in [1.54, 1.807) is 6.07 Å². The molecule has 7 nitrogen and oxygen atoms in total. The number of anilines is 1. The van der Waals surface area contributed by atoms with Gasteiger partial charge in [-0.1, -0.05) is 18.2 Å². The number of nitrogens with zero attached hydrogens (tertiary/aromatic N) is 2. The van der Waals surface area contributed by atoms with Crippen molar-refractivity contribution in [3.63, 3.8) is 0 Å². The monoisotopic (exact) mass is 410 g/mol. The molecule has 146 valence electrons. The molecule has 11 heteroatoms. The van der Waals surface area contributed by atoms with Crippen LogP contribution in [0.2, 0.25) is 0 Å². The van der Waals surface area contributed by atoms with Crippen LogP contribution in [0.5, 0.6) is 0 Å². The Balaban J connectivity index is 1.65. The van der Waals surface area contributed by atoms with E-state index in [4.69, 9.17) is 0 Å². The van der Waals surface area contributed by atoms with Crippen molar-refractivity contribution in [2.75, 3.05) is 5.32 Å². The minimum Gasteiger partial charge on any atom is -0.300 e. The summed E-state index contributed by atoms with van der Waals surface area (Å²) in [5.41, 5.74) is -1.54. The second-order valence-electron chi connectivity index (χ2n) is 5.79. The second-order valence-corrected chi connectivity index (χ2v) is 6.91. The number of carbonyl (C=O) groups is 1. The van der Waals surface area contributed by atoms with Crippen LogP contribution < -0.4 is 16.6 Å². The zero-order valence-corrected chi connectivity index (χ0v) is 14.9. The van der Waals surface area contributed by atoms with Crippen molar-refractivity contribution in [3.05, 3.63) is 79.6 Å². The van der Waals surface area contributed by atoms with E-state index in [1.165, 1.54) is 18.5 Å². The van der Waals surface area contributed by atoms with Crippen LogP contribution >= 0.6 is 11.3 Å². The highest BCUT2D eigenvalue weighted by Gasteiger charge is 2.30. The number of carbonyl (C=O) groups excluding carboxylic acids is 1. The summed E-state index contributed by atoms with van der Waals surface area (Å²) in [7, 11) is 0. The molecule has 0 spiro atoms. The van der Waals surface area contributed by atoms with E-state index in [0.29, 0.717) is 10.4 Å². The van der Waals surface area contributed by atoms with Crippen molar-refractivity contribution < 1.29 is 18.0 Å². The molecular formula is C17H13F3N4O3S. The van der Waals surface area contributed by atoms with Gasteiger partial charge in [-0.25, -0.2) is 9.78 Å². The van der Waals surface area contributed by atoms with Crippen LogP contribution in [0.15, 0.2) is 52.3 Å². The molecule has 0 bridgehead atoms. The zero-order chi connectivity index (χ0) is 20.3. The van der Waals surface area contributed by atoms with Gasteiger partial charge in [0.15, 0.2) is 5.13 Å². The van der Waals surface area contributed by atoms with Gasteiger partial charge < -0.3 is 5.32 Å². The molecule has 3 rings (SSSR count). The predicted molar refractivity (Wildman–Crippen MR) is 96.3 cm³/mol. The van der Waals surface area contributed by atoms with Crippen LogP contribution in [0.3, 0.4) is 0 Å². The first-order valence-electron chi connectivity index (χ1n) is 7.91. The first kappa shape index (κ1) is 19.5. The quantitative estimate of drug-likeness (QED) is 0.674. The van der Waals surface area contributed by atoms with Gasteiger partial charge in [-0.15, -0.1) is 11.3 Å². The number of nitrogens with one attached hydrogen (secondary N) is 2. The number of thiazole rings is 1. The molecule has 0 atom stereocenters. The predicted octanol–water partition coefficient (Wildman–Crippen LogP) is 2.24. The molecule has 2 heterocycles. The number of alkyl halides is 3. The van der Waals surface area contributed by atoms with Crippen LogP contribution in [0.4, 0.5) is 18.3 Å². The molecule has 28 heavy (non-hydrogen) atoms. The van der Waals surface area contributed by atoms with Gasteiger partial charge in [-0.3, -0.25) is 19.1 Å². The molecule has 3 aromatic rings.